The van der Waals surface area contributed by atoms with Crippen molar-refractivity contribution < 1.29 is 9.53 Å². The Hall–Kier alpha value is -1.10. The molecule has 0 aromatic heterocycles. The van der Waals surface area contributed by atoms with E-state index in [0.29, 0.717) is 18.6 Å². The summed E-state index contributed by atoms with van der Waals surface area (Å²) in [6, 6.07) is 8.32. The highest BCUT2D eigenvalue weighted by molar-refractivity contribution is 5.94. The highest BCUT2D eigenvalue weighted by Gasteiger charge is 2.44. The molecule has 1 saturated heterocycles. The van der Waals surface area contributed by atoms with Crippen molar-refractivity contribution in [2.75, 3.05) is 34.3 Å². The number of methoxy groups -OCH3 is 1. The summed E-state index contributed by atoms with van der Waals surface area (Å²) < 4.78 is 5.16. The molecular weight excluding hydrogens is 312 g/mol. The predicted octanol–water partition coefficient (Wildman–Crippen LogP) is 2.67. The second kappa shape index (κ2) is 7.65. The molecule has 1 aliphatic carbocycles. The first-order valence-electron chi connectivity index (χ1n) is 8.13. The molecule has 2 atom stereocenters. The summed E-state index contributed by atoms with van der Waals surface area (Å²) in [7, 11) is 5.94. The molecule has 2 fully saturated rings. The number of benzene rings is 1. The van der Waals surface area contributed by atoms with Gasteiger partial charge >= 0.3 is 0 Å². The van der Waals surface area contributed by atoms with Crippen LogP contribution in [0.3, 0.4) is 0 Å². The fourth-order valence-electron chi connectivity index (χ4n) is 3.65. The Bertz CT molecular complexity index is 536. The summed E-state index contributed by atoms with van der Waals surface area (Å²) in [5.41, 5.74) is 1.83. The molecule has 1 saturated carbocycles. The third-order valence-corrected chi connectivity index (χ3v) is 5.00. The zero-order valence-electron chi connectivity index (χ0n) is 14.2. The molecule has 3 rings (SSSR count). The van der Waals surface area contributed by atoms with Gasteiger partial charge in [0.15, 0.2) is 0 Å². The number of hydrogen-bond acceptors (Lipinski definition) is 3. The van der Waals surface area contributed by atoms with Crippen molar-refractivity contribution >= 4 is 18.3 Å². The molecule has 0 spiro atoms. The van der Waals surface area contributed by atoms with Crippen LogP contribution in [0, 0.1) is 11.8 Å². The third kappa shape index (κ3) is 4.06. The summed E-state index contributed by atoms with van der Waals surface area (Å²) in [5, 5.41) is 0. The largest absolute Gasteiger partial charge is 0.380 e. The van der Waals surface area contributed by atoms with Crippen LogP contribution >= 0.6 is 12.4 Å². The number of hydrogen-bond donors (Lipinski definition) is 0. The molecule has 128 valence electrons. The Balaban J connectivity index is 0.00000192. The second-order valence-corrected chi connectivity index (χ2v) is 6.88. The predicted molar refractivity (Wildman–Crippen MR) is 94.0 cm³/mol. The van der Waals surface area contributed by atoms with Gasteiger partial charge in [-0.1, -0.05) is 12.1 Å². The molecule has 2 aliphatic rings. The lowest BCUT2D eigenvalue weighted by molar-refractivity contribution is 0.0780. The molecule has 4 nitrogen and oxygen atoms in total. The van der Waals surface area contributed by atoms with E-state index in [0.717, 1.165) is 30.1 Å². The van der Waals surface area contributed by atoms with Crippen LogP contribution in [0.1, 0.15) is 28.8 Å². The van der Waals surface area contributed by atoms with Crippen molar-refractivity contribution in [1.82, 2.24) is 9.80 Å². The van der Waals surface area contributed by atoms with Crippen molar-refractivity contribution in [2.24, 2.45) is 11.8 Å². The standard InChI is InChI=1S/C18H26N2O2.ClH/c1-19(2)17-11-20(10-16(17)14-7-8-14)18(21)15-6-4-5-13(9-15)12-22-3;/h4-6,9,14,16-17H,7-8,10-12H2,1-3H3;1H/t16-,17+;/m1./s1. The van der Waals surface area contributed by atoms with E-state index in [2.05, 4.69) is 19.0 Å². The minimum atomic E-state index is 0. The van der Waals surface area contributed by atoms with Gasteiger partial charge in [0.25, 0.3) is 5.91 Å². The quantitative estimate of drug-likeness (QED) is 0.827. The number of amides is 1. The lowest BCUT2D eigenvalue weighted by atomic mass is 9.97. The van der Waals surface area contributed by atoms with Gasteiger partial charge in [-0.25, -0.2) is 0 Å². The SMILES string of the molecule is COCc1cccc(C(=O)N2C[C@H](C3CC3)[C@@H](N(C)C)C2)c1.Cl. The van der Waals surface area contributed by atoms with Gasteiger partial charge in [-0.2, -0.15) is 0 Å². The fraction of sp³-hybridized carbons (Fsp3) is 0.611. The zero-order valence-corrected chi connectivity index (χ0v) is 15.0. The minimum absolute atomic E-state index is 0. The highest BCUT2D eigenvalue weighted by Crippen LogP contribution is 2.42. The monoisotopic (exact) mass is 338 g/mol. The number of ether oxygens (including phenoxy) is 1. The average Bonchev–Trinajstić information content (AvgIpc) is 3.25. The van der Waals surface area contributed by atoms with Crippen molar-refractivity contribution in [3.8, 4) is 0 Å². The van der Waals surface area contributed by atoms with Gasteiger partial charge in [0, 0.05) is 31.8 Å². The van der Waals surface area contributed by atoms with Gasteiger partial charge in [-0.05, 0) is 56.5 Å². The number of likely N-dealkylation sites (tertiary alicyclic amines) is 1. The Morgan fingerprint density at radius 1 is 1.30 bits per heavy atom. The van der Waals surface area contributed by atoms with Crippen LogP contribution in [0.15, 0.2) is 24.3 Å². The van der Waals surface area contributed by atoms with Crippen molar-refractivity contribution in [1.29, 1.82) is 0 Å². The van der Waals surface area contributed by atoms with E-state index in [-0.39, 0.29) is 18.3 Å². The van der Waals surface area contributed by atoms with Gasteiger partial charge in [-0.15, -0.1) is 12.4 Å². The zero-order chi connectivity index (χ0) is 15.7. The lowest BCUT2D eigenvalue weighted by Crippen LogP contribution is -2.36. The molecule has 0 radical (unpaired) electrons. The summed E-state index contributed by atoms with van der Waals surface area (Å²) >= 11 is 0. The molecule has 5 heteroatoms. The molecule has 1 heterocycles. The fourth-order valence-corrected chi connectivity index (χ4v) is 3.65. The Morgan fingerprint density at radius 2 is 2.04 bits per heavy atom. The smallest absolute Gasteiger partial charge is 0.253 e. The number of halogens is 1. The molecule has 1 amide bonds. The number of nitrogens with zero attached hydrogens (tertiary/aromatic N) is 2. The number of likely N-dealkylation sites (N-methyl/N-ethyl adjacent to an activating group) is 1. The van der Waals surface area contributed by atoms with Crippen LogP contribution in [0.2, 0.25) is 0 Å². The van der Waals surface area contributed by atoms with Crippen molar-refractivity contribution in [3.63, 3.8) is 0 Å². The molecule has 0 unspecified atom stereocenters. The Morgan fingerprint density at radius 3 is 2.65 bits per heavy atom. The van der Waals surface area contributed by atoms with Gasteiger partial charge < -0.3 is 14.5 Å². The minimum Gasteiger partial charge on any atom is -0.380 e. The van der Waals surface area contributed by atoms with Gasteiger partial charge in [0.1, 0.15) is 0 Å². The lowest BCUT2D eigenvalue weighted by Gasteiger charge is -2.24. The first-order chi connectivity index (χ1) is 10.6. The topological polar surface area (TPSA) is 32.8 Å². The number of carbonyl (C=O) groups excluding carboxylic acids is 1. The van der Waals surface area contributed by atoms with Crippen molar-refractivity contribution in [3.05, 3.63) is 35.4 Å². The van der Waals surface area contributed by atoms with Crippen LogP contribution in [-0.4, -0.2) is 56.0 Å². The van der Waals surface area contributed by atoms with Crippen LogP contribution < -0.4 is 0 Å². The number of carbonyl (C=O) groups is 1. The third-order valence-electron chi connectivity index (χ3n) is 5.00. The van der Waals surface area contributed by atoms with Crippen LogP contribution in [0.5, 0.6) is 0 Å². The first kappa shape index (κ1) is 18.2. The van der Waals surface area contributed by atoms with Crippen LogP contribution in [-0.2, 0) is 11.3 Å². The molecule has 23 heavy (non-hydrogen) atoms. The Kier molecular flexibility index (Phi) is 6.06. The van der Waals surface area contributed by atoms with E-state index < -0.39 is 0 Å². The maximum atomic E-state index is 12.8. The molecule has 1 aliphatic heterocycles. The van der Waals surface area contributed by atoms with E-state index in [9.17, 15) is 4.79 Å². The van der Waals surface area contributed by atoms with E-state index >= 15 is 0 Å². The molecule has 0 N–H and O–H groups in total. The molecule has 0 bridgehead atoms. The second-order valence-electron chi connectivity index (χ2n) is 6.88. The first-order valence-corrected chi connectivity index (χ1v) is 8.13. The maximum Gasteiger partial charge on any atom is 0.253 e. The normalized spacial score (nSPS) is 23.9. The average molecular weight is 339 g/mol. The summed E-state index contributed by atoms with van der Waals surface area (Å²) in [5.74, 6) is 1.62. The van der Waals surface area contributed by atoms with Crippen LogP contribution in [0.4, 0.5) is 0 Å². The van der Waals surface area contributed by atoms with E-state index in [1.54, 1.807) is 7.11 Å². The summed E-state index contributed by atoms with van der Waals surface area (Å²) in [4.78, 5) is 17.2. The van der Waals surface area contributed by atoms with E-state index in [1.165, 1.54) is 12.8 Å². The highest BCUT2D eigenvalue weighted by atomic mass is 35.5. The summed E-state index contributed by atoms with van der Waals surface area (Å²) in [6.07, 6.45) is 2.67. The van der Waals surface area contributed by atoms with Crippen LogP contribution in [0.25, 0.3) is 0 Å². The van der Waals surface area contributed by atoms with Gasteiger partial charge in [0.2, 0.25) is 0 Å². The van der Waals surface area contributed by atoms with Crippen molar-refractivity contribution in [2.45, 2.75) is 25.5 Å². The van der Waals surface area contributed by atoms with Gasteiger partial charge in [0.05, 0.1) is 6.61 Å². The van der Waals surface area contributed by atoms with Gasteiger partial charge in [-0.3, -0.25) is 4.79 Å². The number of rotatable bonds is 5. The molecule has 1 aromatic carbocycles. The summed E-state index contributed by atoms with van der Waals surface area (Å²) in [6.45, 7) is 2.30. The Labute approximate surface area is 145 Å². The molecular formula is C18H27ClN2O2. The molecule has 1 aromatic rings. The van der Waals surface area contributed by atoms with E-state index in [4.69, 9.17) is 4.74 Å². The maximum absolute atomic E-state index is 12.8. The van der Waals surface area contributed by atoms with E-state index in [1.807, 2.05) is 29.2 Å².